The Morgan fingerprint density at radius 2 is 1.71 bits per heavy atom. The Balaban J connectivity index is 2.48. The lowest BCUT2D eigenvalue weighted by molar-refractivity contribution is -0.140. The zero-order chi connectivity index (χ0) is 25.5. The van der Waals surface area contributed by atoms with Crippen LogP contribution in [0.3, 0.4) is 0 Å². The summed E-state index contributed by atoms with van der Waals surface area (Å²) in [6.07, 6.45) is 2.08. The van der Waals surface area contributed by atoms with Crippen molar-refractivity contribution in [2.45, 2.75) is 39.3 Å². The number of nitrogens with one attached hydrogen (secondary N) is 1. The Bertz CT molecular complexity index is 1110. The molecule has 0 aliphatic carbocycles. The maximum atomic E-state index is 13.6. The number of amides is 2. The highest BCUT2D eigenvalue weighted by Crippen LogP contribution is 2.28. The number of rotatable bonds is 11. The van der Waals surface area contributed by atoms with Gasteiger partial charge >= 0.3 is 0 Å². The van der Waals surface area contributed by atoms with Gasteiger partial charge in [0.05, 0.1) is 11.9 Å². The Labute approximate surface area is 219 Å². The predicted molar refractivity (Wildman–Crippen MR) is 141 cm³/mol. The molecular formula is C23H28BrCl2N3O4S. The standard InChI is InChI=1S/C23H28BrCl2N3O4S/c1-4-12-27-23(31)21(5-2)28(14-18-19(25)10-7-11-20(18)26)22(30)15-29(34(3,32)33)17-9-6-8-16(24)13-17/h6-11,13,21H,4-5,12,14-15H2,1-3H3,(H,27,31)/t21-/m1/s1. The second-order valence-corrected chi connectivity index (χ2v) is 11.3. The number of sulfonamides is 1. The number of anilines is 1. The van der Waals surface area contributed by atoms with Crippen LogP contribution in [0.4, 0.5) is 5.69 Å². The van der Waals surface area contributed by atoms with E-state index in [0.717, 1.165) is 17.0 Å². The molecule has 2 aromatic carbocycles. The Hall–Kier alpha value is -1.81. The number of carbonyl (C=O) groups is 2. The Kier molecular flexibility index (Phi) is 10.7. The molecule has 1 atom stereocenters. The van der Waals surface area contributed by atoms with Gasteiger partial charge in [-0.15, -0.1) is 0 Å². The van der Waals surface area contributed by atoms with Gasteiger partial charge in [-0.1, -0.05) is 65.1 Å². The first-order valence-electron chi connectivity index (χ1n) is 10.7. The highest BCUT2D eigenvalue weighted by molar-refractivity contribution is 9.10. The zero-order valence-corrected chi connectivity index (χ0v) is 23.1. The summed E-state index contributed by atoms with van der Waals surface area (Å²) in [4.78, 5) is 27.9. The van der Waals surface area contributed by atoms with Gasteiger partial charge in [0.25, 0.3) is 0 Å². The van der Waals surface area contributed by atoms with Crippen LogP contribution in [0.2, 0.25) is 10.0 Å². The molecule has 0 spiro atoms. The molecule has 0 unspecified atom stereocenters. The summed E-state index contributed by atoms with van der Waals surface area (Å²) in [5, 5.41) is 3.52. The van der Waals surface area contributed by atoms with Crippen LogP contribution in [0, 0.1) is 0 Å². The van der Waals surface area contributed by atoms with Gasteiger partial charge in [-0.05, 0) is 43.2 Å². The average molecular weight is 593 g/mol. The van der Waals surface area contributed by atoms with Crippen molar-refractivity contribution in [1.29, 1.82) is 0 Å². The Morgan fingerprint density at radius 3 is 2.24 bits per heavy atom. The van der Waals surface area contributed by atoms with Gasteiger partial charge in [0.1, 0.15) is 12.6 Å². The lowest BCUT2D eigenvalue weighted by atomic mass is 10.1. The molecule has 0 heterocycles. The van der Waals surface area contributed by atoms with E-state index in [9.17, 15) is 18.0 Å². The summed E-state index contributed by atoms with van der Waals surface area (Å²) in [6, 6.07) is 10.8. The fraction of sp³-hybridized carbons (Fsp3) is 0.391. The van der Waals surface area contributed by atoms with Crippen molar-refractivity contribution in [1.82, 2.24) is 10.2 Å². The molecule has 0 aliphatic heterocycles. The fourth-order valence-electron chi connectivity index (χ4n) is 3.38. The molecule has 0 saturated carbocycles. The molecule has 0 radical (unpaired) electrons. The quantitative estimate of drug-likeness (QED) is 0.404. The van der Waals surface area contributed by atoms with E-state index in [1.165, 1.54) is 4.90 Å². The highest BCUT2D eigenvalue weighted by Gasteiger charge is 2.32. The maximum absolute atomic E-state index is 13.6. The maximum Gasteiger partial charge on any atom is 0.244 e. The first kappa shape index (κ1) is 28.4. The van der Waals surface area contributed by atoms with Gasteiger partial charge in [-0.2, -0.15) is 0 Å². The molecule has 7 nitrogen and oxygen atoms in total. The summed E-state index contributed by atoms with van der Waals surface area (Å²) < 4.78 is 26.9. The van der Waals surface area contributed by atoms with E-state index in [4.69, 9.17) is 23.2 Å². The minimum Gasteiger partial charge on any atom is -0.354 e. The van der Waals surface area contributed by atoms with Crippen molar-refractivity contribution < 1.29 is 18.0 Å². The van der Waals surface area contributed by atoms with E-state index in [-0.39, 0.29) is 12.5 Å². The molecule has 0 saturated heterocycles. The number of hydrogen-bond acceptors (Lipinski definition) is 4. The SMILES string of the molecule is CCCNC(=O)[C@@H](CC)N(Cc1c(Cl)cccc1Cl)C(=O)CN(c1cccc(Br)c1)S(C)(=O)=O. The molecule has 2 rings (SSSR count). The van der Waals surface area contributed by atoms with Crippen LogP contribution in [-0.4, -0.2) is 50.5 Å². The molecule has 2 amide bonds. The van der Waals surface area contributed by atoms with E-state index < -0.39 is 28.5 Å². The molecule has 186 valence electrons. The van der Waals surface area contributed by atoms with E-state index in [2.05, 4.69) is 21.2 Å². The topological polar surface area (TPSA) is 86.8 Å². The molecule has 0 fully saturated rings. The van der Waals surface area contributed by atoms with Crippen molar-refractivity contribution in [3.63, 3.8) is 0 Å². The van der Waals surface area contributed by atoms with Gasteiger partial charge in [0.15, 0.2) is 0 Å². The lowest BCUT2D eigenvalue weighted by Crippen LogP contribution is -2.52. The normalized spacial score (nSPS) is 12.2. The zero-order valence-electron chi connectivity index (χ0n) is 19.2. The third-order valence-electron chi connectivity index (χ3n) is 5.10. The lowest BCUT2D eigenvalue weighted by Gasteiger charge is -2.33. The van der Waals surface area contributed by atoms with Crippen LogP contribution in [-0.2, 0) is 26.2 Å². The number of carbonyl (C=O) groups excluding carboxylic acids is 2. The molecule has 0 aromatic heterocycles. The average Bonchev–Trinajstić information content (AvgIpc) is 2.76. The van der Waals surface area contributed by atoms with E-state index in [1.54, 1.807) is 49.4 Å². The third-order valence-corrected chi connectivity index (χ3v) is 7.44. The van der Waals surface area contributed by atoms with Gasteiger partial charge in [-0.3, -0.25) is 13.9 Å². The van der Waals surface area contributed by atoms with Crippen LogP contribution >= 0.6 is 39.1 Å². The minimum atomic E-state index is -3.81. The van der Waals surface area contributed by atoms with E-state index in [0.29, 0.717) is 38.7 Å². The Morgan fingerprint density at radius 1 is 1.09 bits per heavy atom. The predicted octanol–water partition coefficient (Wildman–Crippen LogP) is 4.86. The van der Waals surface area contributed by atoms with Crippen molar-refractivity contribution in [2.75, 3.05) is 23.7 Å². The van der Waals surface area contributed by atoms with Crippen molar-refractivity contribution >= 4 is 66.7 Å². The van der Waals surface area contributed by atoms with Gasteiger partial charge in [-0.25, -0.2) is 8.42 Å². The van der Waals surface area contributed by atoms with Crippen molar-refractivity contribution in [3.8, 4) is 0 Å². The van der Waals surface area contributed by atoms with E-state index >= 15 is 0 Å². The number of benzene rings is 2. The smallest absolute Gasteiger partial charge is 0.244 e. The number of nitrogens with zero attached hydrogens (tertiary/aromatic N) is 2. The van der Waals surface area contributed by atoms with Crippen LogP contribution in [0.5, 0.6) is 0 Å². The van der Waals surface area contributed by atoms with Crippen molar-refractivity contribution in [3.05, 3.63) is 62.5 Å². The van der Waals surface area contributed by atoms with Gasteiger partial charge in [0.2, 0.25) is 21.8 Å². The third kappa shape index (κ3) is 7.60. The highest BCUT2D eigenvalue weighted by atomic mass is 79.9. The van der Waals surface area contributed by atoms with Crippen molar-refractivity contribution in [2.24, 2.45) is 0 Å². The summed E-state index contributed by atoms with van der Waals surface area (Å²) in [6.45, 7) is 3.63. The van der Waals surface area contributed by atoms with Gasteiger partial charge in [0, 0.05) is 33.2 Å². The summed E-state index contributed by atoms with van der Waals surface area (Å²) in [7, 11) is -3.81. The van der Waals surface area contributed by atoms with Gasteiger partial charge < -0.3 is 10.2 Å². The van der Waals surface area contributed by atoms with Crippen LogP contribution in [0.1, 0.15) is 32.3 Å². The minimum absolute atomic E-state index is 0.0501. The molecular weight excluding hydrogens is 565 g/mol. The summed E-state index contributed by atoms with van der Waals surface area (Å²) >= 11 is 16.0. The van der Waals surface area contributed by atoms with E-state index in [1.807, 2.05) is 6.92 Å². The summed E-state index contributed by atoms with van der Waals surface area (Å²) in [5.74, 6) is -0.880. The van der Waals surface area contributed by atoms with Crippen LogP contribution < -0.4 is 9.62 Å². The molecule has 0 bridgehead atoms. The fourth-order valence-corrected chi connectivity index (χ4v) is 5.13. The second kappa shape index (κ2) is 12.8. The first-order valence-corrected chi connectivity index (χ1v) is 14.1. The summed E-state index contributed by atoms with van der Waals surface area (Å²) in [5.41, 5.74) is 0.804. The largest absolute Gasteiger partial charge is 0.354 e. The number of hydrogen-bond donors (Lipinski definition) is 1. The monoisotopic (exact) mass is 591 g/mol. The number of halogens is 3. The van der Waals surface area contributed by atoms with Crippen LogP contribution in [0.25, 0.3) is 0 Å². The molecule has 34 heavy (non-hydrogen) atoms. The molecule has 1 N–H and O–H groups in total. The molecule has 2 aromatic rings. The molecule has 0 aliphatic rings. The molecule has 11 heteroatoms. The first-order chi connectivity index (χ1) is 16.0. The second-order valence-electron chi connectivity index (χ2n) is 7.69. The van der Waals surface area contributed by atoms with Crippen LogP contribution in [0.15, 0.2) is 46.9 Å².